The van der Waals surface area contributed by atoms with Gasteiger partial charge in [0.25, 0.3) is 0 Å². The molecular weight excluding hydrogens is 230 g/mol. The minimum Gasteiger partial charge on any atom is -0.315 e. The standard InChI is InChI=1S/C13H15N3S/c1-17-13-5-3-2-4-11(13)16-9-15-8-12(16)10-6-14-7-10/h2-5,8-10,14H,6-7H2,1H3. The number of rotatable bonds is 3. The van der Waals surface area contributed by atoms with Crippen LogP contribution in [0.4, 0.5) is 0 Å². The number of aromatic nitrogens is 2. The van der Waals surface area contributed by atoms with Crippen molar-refractivity contribution in [3.05, 3.63) is 42.5 Å². The second-order valence-electron chi connectivity index (χ2n) is 4.22. The van der Waals surface area contributed by atoms with Crippen LogP contribution in [0.25, 0.3) is 5.69 Å². The summed E-state index contributed by atoms with van der Waals surface area (Å²) in [6.07, 6.45) is 6.02. The van der Waals surface area contributed by atoms with Gasteiger partial charge in [0, 0.05) is 35.8 Å². The van der Waals surface area contributed by atoms with E-state index in [-0.39, 0.29) is 0 Å². The Morgan fingerprint density at radius 2 is 2.18 bits per heavy atom. The van der Waals surface area contributed by atoms with Crippen LogP contribution in [0.15, 0.2) is 41.7 Å². The average molecular weight is 245 g/mol. The van der Waals surface area contributed by atoms with Crippen LogP contribution in [0, 0.1) is 0 Å². The molecule has 0 spiro atoms. The summed E-state index contributed by atoms with van der Waals surface area (Å²) in [6, 6.07) is 8.47. The number of thioether (sulfide) groups is 1. The summed E-state index contributed by atoms with van der Waals surface area (Å²) in [5.74, 6) is 0.604. The Morgan fingerprint density at radius 3 is 2.88 bits per heavy atom. The maximum atomic E-state index is 4.30. The SMILES string of the molecule is CSc1ccccc1-n1cncc1C1CNC1. The van der Waals surface area contributed by atoms with Crippen LogP contribution in [0.3, 0.4) is 0 Å². The summed E-state index contributed by atoms with van der Waals surface area (Å²) in [7, 11) is 0. The zero-order valence-electron chi connectivity index (χ0n) is 9.76. The third-order valence-electron chi connectivity index (χ3n) is 3.21. The molecule has 88 valence electrons. The number of hydrogen-bond acceptors (Lipinski definition) is 3. The molecule has 0 atom stereocenters. The van der Waals surface area contributed by atoms with Gasteiger partial charge in [0.15, 0.2) is 0 Å². The van der Waals surface area contributed by atoms with E-state index in [9.17, 15) is 0 Å². The molecule has 1 saturated heterocycles. The average Bonchev–Trinajstić information content (AvgIpc) is 2.75. The molecule has 0 amide bonds. The predicted molar refractivity (Wildman–Crippen MR) is 71.0 cm³/mol. The van der Waals surface area contributed by atoms with Crippen molar-refractivity contribution in [3.8, 4) is 5.69 Å². The lowest BCUT2D eigenvalue weighted by atomic mass is 10.00. The van der Waals surface area contributed by atoms with Crippen LogP contribution in [0.5, 0.6) is 0 Å². The molecule has 17 heavy (non-hydrogen) atoms. The highest BCUT2D eigenvalue weighted by Gasteiger charge is 2.23. The van der Waals surface area contributed by atoms with Gasteiger partial charge in [0.2, 0.25) is 0 Å². The minimum absolute atomic E-state index is 0.604. The van der Waals surface area contributed by atoms with Crippen LogP contribution >= 0.6 is 11.8 Å². The van der Waals surface area contributed by atoms with Crippen molar-refractivity contribution < 1.29 is 0 Å². The fraction of sp³-hybridized carbons (Fsp3) is 0.308. The van der Waals surface area contributed by atoms with Crippen LogP contribution in [0.1, 0.15) is 11.6 Å². The topological polar surface area (TPSA) is 29.9 Å². The van der Waals surface area contributed by atoms with Gasteiger partial charge < -0.3 is 9.88 Å². The molecule has 2 aromatic rings. The van der Waals surface area contributed by atoms with Crippen LogP contribution in [0.2, 0.25) is 0 Å². The summed E-state index contributed by atoms with van der Waals surface area (Å²) in [5.41, 5.74) is 2.55. The first kappa shape index (κ1) is 10.9. The largest absolute Gasteiger partial charge is 0.315 e. The maximum absolute atomic E-state index is 4.30. The molecule has 1 aliphatic rings. The quantitative estimate of drug-likeness (QED) is 0.841. The van der Waals surface area contributed by atoms with Crippen molar-refractivity contribution in [1.82, 2.24) is 14.9 Å². The van der Waals surface area contributed by atoms with Crippen molar-refractivity contribution in [1.29, 1.82) is 0 Å². The van der Waals surface area contributed by atoms with Gasteiger partial charge >= 0.3 is 0 Å². The molecule has 0 unspecified atom stereocenters. The Balaban J connectivity index is 2.05. The first-order chi connectivity index (χ1) is 8.40. The lowest BCUT2D eigenvalue weighted by Gasteiger charge is -2.28. The second-order valence-corrected chi connectivity index (χ2v) is 5.06. The van der Waals surface area contributed by atoms with Gasteiger partial charge in [-0.25, -0.2) is 4.98 Å². The van der Waals surface area contributed by atoms with Gasteiger partial charge in [-0.3, -0.25) is 0 Å². The molecule has 1 aliphatic heterocycles. The highest BCUT2D eigenvalue weighted by atomic mass is 32.2. The maximum Gasteiger partial charge on any atom is 0.0994 e. The molecule has 0 bridgehead atoms. The van der Waals surface area contributed by atoms with Crippen molar-refractivity contribution >= 4 is 11.8 Å². The fourth-order valence-corrected chi connectivity index (χ4v) is 2.73. The number of benzene rings is 1. The highest BCUT2D eigenvalue weighted by molar-refractivity contribution is 7.98. The number of nitrogens with one attached hydrogen (secondary N) is 1. The summed E-state index contributed by atoms with van der Waals surface area (Å²) in [4.78, 5) is 5.59. The van der Waals surface area contributed by atoms with E-state index in [1.165, 1.54) is 16.3 Å². The van der Waals surface area contributed by atoms with Crippen molar-refractivity contribution in [2.75, 3.05) is 19.3 Å². The number of para-hydroxylation sites is 1. The van der Waals surface area contributed by atoms with Gasteiger partial charge in [-0.1, -0.05) is 12.1 Å². The summed E-state index contributed by atoms with van der Waals surface area (Å²) in [6.45, 7) is 2.13. The number of hydrogen-bond donors (Lipinski definition) is 1. The van der Waals surface area contributed by atoms with Gasteiger partial charge in [-0.15, -0.1) is 11.8 Å². The monoisotopic (exact) mass is 245 g/mol. The molecule has 1 N–H and O–H groups in total. The Hall–Kier alpha value is -1.26. The van der Waals surface area contributed by atoms with Crippen LogP contribution in [-0.4, -0.2) is 28.9 Å². The Labute approximate surface area is 105 Å². The molecule has 0 aliphatic carbocycles. The molecule has 0 saturated carbocycles. The van der Waals surface area contributed by atoms with Crippen molar-refractivity contribution in [3.63, 3.8) is 0 Å². The van der Waals surface area contributed by atoms with E-state index in [0.29, 0.717) is 5.92 Å². The molecular formula is C13H15N3S. The fourth-order valence-electron chi connectivity index (χ4n) is 2.14. The summed E-state index contributed by atoms with van der Waals surface area (Å²) < 4.78 is 2.22. The van der Waals surface area contributed by atoms with Gasteiger partial charge in [-0.05, 0) is 18.4 Å². The first-order valence-corrected chi connectivity index (χ1v) is 6.99. The minimum atomic E-state index is 0.604. The Bertz CT molecular complexity index is 517. The van der Waals surface area contributed by atoms with E-state index in [2.05, 4.69) is 45.4 Å². The predicted octanol–water partition coefficient (Wildman–Crippen LogP) is 2.28. The van der Waals surface area contributed by atoms with E-state index in [1.807, 2.05) is 12.5 Å². The highest BCUT2D eigenvalue weighted by Crippen LogP contribution is 2.28. The molecule has 1 fully saturated rings. The lowest BCUT2D eigenvalue weighted by molar-refractivity contribution is 0.435. The van der Waals surface area contributed by atoms with Crippen molar-refractivity contribution in [2.24, 2.45) is 0 Å². The normalized spacial score (nSPS) is 15.8. The first-order valence-electron chi connectivity index (χ1n) is 5.76. The number of nitrogens with zero attached hydrogens (tertiary/aromatic N) is 2. The van der Waals surface area contributed by atoms with E-state index in [1.54, 1.807) is 11.8 Å². The smallest absolute Gasteiger partial charge is 0.0994 e. The Kier molecular flexibility index (Phi) is 2.91. The van der Waals surface area contributed by atoms with Gasteiger partial charge in [-0.2, -0.15) is 0 Å². The lowest BCUT2D eigenvalue weighted by Crippen LogP contribution is -2.40. The molecule has 4 heteroatoms. The number of imidazole rings is 1. The molecule has 0 radical (unpaired) electrons. The summed E-state index contributed by atoms with van der Waals surface area (Å²) >= 11 is 1.78. The van der Waals surface area contributed by atoms with Gasteiger partial charge in [0.1, 0.15) is 0 Å². The molecule has 3 rings (SSSR count). The third-order valence-corrected chi connectivity index (χ3v) is 4.00. The molecule has 1 aromatic heterocycles. The zero-order valence-corrected chi connectivity index (χ0v) is 10.6. The second kappa shape index (κ2) is 4.55. The molecule has 2 heterocycles. The molecule has 3 nitrogen and oxygen atoms in total. The van der Waals surface area contributed by atoms with Crippen LogP contribution in [-0.2, 0) is 0 Å². The third kappa shape index (κ3) is 1.87. The van der Waals surface area contributed by atoms with E-state index >= 15 is 0 Å². The van der Waals surface area contributed by atoms with E-state index in [0.717, 1.165) is 13.1 Å². The van der Waals surface area contributed by atoms with E-state index in [4.69, 9.17) is 0 Å². The van der Waals surface area contributed by atoms with Gasteiger partial charge in [0.05, 0.1) is 12.0 Å². The Morgan fingerprint density at radius 1 is 1.35 bits per heavy atom. The summed E-state index contributed by atoms with van der Waals surface area (Å²) in [5, 5.41) is 3.31. The van der Waals surface area contributed by atoms with E-state index < -0.39 is 0 Å². The van der Waals surface area contributed by atoms with Crippen LogP contribution < -0.4 is 5.32 Å². The zero-order chi connectivity index (χ0) is 11.7. The molecule has 1 aromatic carbocycles. The van der Waals surface area contributed by atoms with Crippen molar-refractivity contribution in [2.45, 2.75) is 10.8 Å².